The van der Waals surface area contributed by atoms with Gasteiger partial charge in [0, 0.05) is 17.3 Å². The Morgan fingerprint density at radius 3 is 2.95 bits per heavy atom. The number of nitrogens with zero attached hydrogens (tertiary/aromatic N) is 1. The maximum atomic E-state index is 13.3. The maximum Gasteiger partial charge on any atom is 0.196 e. The number of hydrogen-bond donors (Lipinski definition) is 0. The van der Waals surface area contributed by atoms with Gasteiger partial charge in [0.15, 0.2) is 5.78 Å². The van der Waals surface area contributed by atoms with E-state index in [1.165, 1.54) is 30.6 Å². The number of hydrogen-bond acceptors (Lipinski definition) is 3. The smallest absolute Gasteiger partial charge is 0.196 e. The molecule has 98 valence electrons. The third kappa shape index (κ3) is 2.90. The Bertz CT molecular complexity index is 616. The van der Waals surface area contributed by atoms with E-state index >= 15 is 0 Å². The van der Waals surface area contributed by atoms with E-state index in [-0.39, 0.29) is 10.6 Å². The maximum absolute atomic E-state index is 13.3. The summed E-state index contributed by atoms with van der Waals surface area (Å²) in [5.41, 5.74) is 0.413. The standard InChI is InChI=1S/C14H11ClFNO2/c1-2-19-10-6-9(7-17-8-10)14(18)11-4-3-5-12(16)13(11)15/h3-8H,2H2,1H3. The number of carbonyl (C=O) groups excluding carboxylic acids is 1. The minimum atomic E-state index is -0.624. The van der Waals surface area contributed by atoms with Gasteiger partial charge in [0.2, 0.25) is 0 Å². The number of pyridine rings is 1. The van der Waals surface area contributed by atoms with Crippen molar-refractivity contribution in [2.45, 2.75) is 6.92 Å². The van der Waals surface area contributed by atoms with Crippen molar-refractivity contribution < 1.29 is 13.9 Å². The molecular formula is C14H11ClFNO2. The average Bonchev–Trinajstić information content (AvgIpc) is 2.42. The quantitative estimate of drug-likeness (QED) is 0.804. The lowest BCUT2D eigenvalue weighted by molar-refractivity contribution is 0.103. The first-order chi connectivity index (χ1) is 9.13. The van der Waals surface area contributed by atoms with Gasteiger partial charge in [0.05, 0.1) is 17.8 Å². The number of benzene rings is 1. The van der Waals surface area contributed by atoms with Crippen LogP contribution in [0, 0.1) is 5.82 Å². The number of halogens is 2. The molecule has 0 atom stereocenters. The van der Waals surface area contributed by atoms with E-state index in [4.69, 9.17) is 16.3 Å². The second-order valence-electron chi connectivity index (χ2n) is 3.77. The van der Waals surface area contributed by atoms with Crippen LogP contribution in [0.4, 0.5) is 4.39 Å². The van der Waals surface area contributed by atoms with E-state index in [9.17, 15) is 9.18 Å². The Morgan fingerprint density at radius 1 is 1.42 bits per heavy atom. The number of carbonyl (C=O) groups is 1. The molecule has 3 nitrogen and oxygen atoms in total. The Hall–Kier alpha value is -1.94. The zero-order chi connectivity index (χ0) is 13.8. The molecule has 2 rings (SSSR count). The molecule has 0 N–H and O–H groups in total. The van der Waals surface area contributed by atoms with Gasteiger partial charge >= 0.3 is 0 Å². The van der Waals surface area contributed by atoms with Gasteiger partial charge in [-0.2, -0.15) is 0 Å². The molecule has 2 aromatic rings. The Morgan fingerprint density at radius 2 is 2.21 bits per heavy atom. The summed E-state index contributed by atoms with van der Waals surface area (Å²) in [6, 6.07) is 5.67. The first-order valence-corrected chi connectivity index (χ1v) is 6.08. The highest BCUT2D eigenvalue weighted by Gasteiger charge is 2.16. The summed E-state index contributed by atoms with van der Waals surface area (Å²) in [6.07, 6.45) is 2.90. The van der Waals surface area contributed by atoms with Crippen molar-refractivity contribution in [2.24, 2.45) is 0 Å². The van der Waals surface area contributed by atoms with Crippen molar-refractivity contribution in [3.05, 3.63) is 58.6 Å². The molecule has 1 aromatic carbocycles. The molecule has 0 radical (unpaired) electrons. The minimum absolute atomic E-state index is 0.108. The Labute approximate surface area is 115 Å². The first-order valence-electron chi connectivity index (χ1n) is 5.70. The van der Waals surface area contributed by atoms with Crippen molar-refractivity contribution in [1.82, 2.24) is 4.98 Å². The van der Waals surface area contributed by atoms with Crippen LogP contribution in [0.2, 0.25) is 5.02 Å². The summed E-state index contributed by atoms with van der Waals surface area (Å²) >= 11 is 5.79. The van der Waals surface area contributed by atoms with Gasteiger partial charge in [0.25, 0.3) is 0 Å². The van der Waals surface area contributed by atoms with Gasteiger partial charge in [-0.05, 0) is 25.1 Å². The van der Waals surface area contributed by atoms with Gasteiger partial charge in [-0.25, -0.2) is 4.39 Å². The molecule has 0 saturated carbocycles. The van der Waals surface area contributed by atoms with E-state index in [1.807, 2.05) is 6.92 Å². The lowest BCUT2D eigenvalue weighted by Gasteiger charge is -2.06. The fourth-order valence-electron chi connectivity index (χ4n) is 1.62. The normalized spacial score (nSPS) is 10.3. The van der Waals surface area contributed by atoms with Crippen LogP contribution in [-0.2, 0) is 0 Å². The molecule has 0 bridgehead atoms. The zero-order valence-corrected chi connectivity index (χ0v) is 10.9. The fourth-order valence-corrected chi connectivity index (χ4v) is 1.84. The molecule has 0 aliphatic heterocycles. The molecule has 0 spiro atoms. The van der Waals surface area contributed by atoms with E-state index in [2.05, 4.69) is 4.98 Å². The van der Waals surface area contributed by atoms with Gasteiger partial charge in [0.1, 0.15) is 11.6 Å². The van der Waals surface area contributed by atoms with Gasteiger partial charge < -0.3 is 4.74 Å². The van der Waals surface area contributed by atoms with Crippen molar-refractivity contribution in [3.8, 4) is 5.75 Å². The molecule has 19 heavy (non-hydrogen) atoms. The van der Waals surface area contributed by atoms with Crippen molar-refractivity contribution in [1.29, 1.82) is 0 Å². The van der Waals surface area contributed by atoms with Crippen LogP contribution in [0.15, 0.2) is 36.7 Å². The summed E-state index contributed by atoms with van der Waals surface area (Å²) in [5.74, 6) is -0.527. The Balaban J connectivity index is 2.38. The van der Waals surface area contributed by atoms with Crippen LogP contribution in [0.5, 0.6) is 5.75 Å². The second kappa shape index (κ2) is 5.80. The highest BCUT2D eigenvalue weighted by molar-refractivity contribution is 6.35. The van der Waals surface area contributed by atoms with Gasteiger partial charge in [-0.1, -0.05) is 17.7 Å². The van der Waals surface area contributed by atoms with Crippen LogP contribution in [0.1, 0.15) is 22.8 Å². The van der Waals surface area contributed by atoms with Crippen LogP contribution in [-0.4, -0.2) is 17.4 Å². The molecule has 0 amide bonds. The molecule has 0 aliphatic carbocycles. The molecule has 1 heterocycles. The molecule has 0 fully saturated rings. The largest absolute Gasteiger partial charge is 0.492 e. The summed E-state index contributed by atoms with van der Waals surface area (Å²) in [4.78, 5) is 16.1. The van der Waals surface area contributed by atoms with E-state index in [1.54, 1.807) is 6.07 Å². The third-order valence-corrected chi connectivity index (χ3v) is 2.87. The number of ketones is 1. The summed E-state index contributed by atoms with van der Waals surface area (Å²) in [7, 11) is 0. The lowest BCUT2D eigenvalue weighted by atomic mass is 10.0. The van der Waals surface area contributed by atoms with Crippen molar-refractivity contribution in [2.75, 3.05) is 6.61 Å². The van der Waals surface area contributed by atoms with E-state index < -0.39 is 11.6 Å². The molecular weight excluding hydrogens is 269 g/mol. The zero-order valence-electron chi connectivity index (χ0n) is 10.2. The molecule has 1 aromatic heterocycles. The van der Waals surface area contributed by atoms with Gasteiger partial charge in [-0.3, -0.25) is 9.78 Å². The third-order valence-electron chi connectivity index (χ3n) is 2.48. The number of rotatable bonds is 4. The SMILES string of the molecule is CCOc1cncc(C(=O)c2cccc(F)c2Cl)c1. The van der Waals surface area contributed by atoms with Crippen LogP contribution < -0.4 is 4.74 Å². The van der Waals surface area contributed by atoms with E-state index in [0.717, 1.165) is 0 Å². The topological polar surface area (TPSA) is 39.2 Å². The first kappa shape index (κ1) is 13.5. The minimum Gasteiger partial charge on any atom is -0.492 e. The van der Waals surface area contributed by atoms with Crippen LogP contribution in [0.3, 0.4) is 0 Å². The summed E-state index contributed by atoms with van der Waals surface area (Å²) in [5, 5.41) is -0.186. The van der Waals surface area contributed by atoms with Crippen molar-refractivity contribution >= 4 is 17.4 Å². The highest BCUT2D eigenvalue weighted by Crippen LogP contribution is 2.23. The summed E-state index contributed by atoms with van der Waals surface area (Å²) < 4.78 is 18.6. The second-order valence-corrected chi connectivity index (χ2v) is 4.15. The van der Waals surface area contributed by atoms with E-state index in [0.29, 0.717) is 17.9 Å². The van der Waals surface area contributed by atoms with Gasteiger partial charge in [-0.15, -0.1) is 0 Å². The Kier molecular flexibility index (Phi) is 4.12. The van der Waals surface area contributed by atoms with Crippen molar-refractivity contribution in [3.63, 3.8) is 0 Å². The monoisotopic (exact) mass is 279 g/mol. The lowest BCUT2D eigenvalue weighted by Crippen LogP contribution is -2.04. The fraction of sp³-hybridized carbons (Fsp3) is 0.143. The molecule has 5 heteroatoms. The predicted molar refractivity (Wildman–Crippen MR) is 70.2 cm³/mol. The molecule has 0 unspecified atom stereocenters. The molecule has 0 aliphatic rings. The molecule has 0 saturated heterocycles. The van der Waals surface area contributed by atoms with Crippen LogP contribution in [0.25, 0.3) is 0 Å². The average molecular weight is 280 g/mol. The predicted octanol–water partition coefficient (Wildman–Crippen LogP) is 3.50. The van der Waals surface area contributed by atoms with Crippen LogP contribution >= 0.6 is 11.6 Å². The highest BCUT2D eigenvalue weighted by atomic mass is 35.5. The summed E-state index contributed by atoms with van der Waals surface area (Å²) in [6.45, 7) is 2.30. The number of aromatic nitrogens is 1. The number of ether oxygens (including phenoxy) is 1.